The van der Waals surface area contributed by atoms with Crippen LogP contribution in [0.15, 0.2) is 53.6 Å². The fourth-order valence-corrected chi connectivity index (χ4v) is 4.27. The first kappa shape index (κ1) is 19.8. The van der Waals surface area contributed by atoms with Gasteiger partial charge in [0.1, 0.15) is 16.6 Å². The Morgan fingerprint density at radius 2 is 1.90 bits per heavy atom. The molecule has 4 rings (SSSR count). The number of aliphatic hydroxyl groups excluding tert-OH is 1. The van der Waals surface area contributed by atoms with E-state index in [1.54, 1.807) is 17.0 Å². The maximum atomic E-state index is 11.2. The summed E-state index contributed by atoms with van der Waals surface area (Å²) in [7, 11) is 0. The number of nitrogens with one attached hydrogen (secondary N) is 2. The van der Waals surface area contributed by atoms with Gasteiger partial charge in [-0.15, -0.1) is 11.3 Å². The number of aromatic nitrogens is 1. The van der Waals surface area contributed by atoms with Crippen molar-refractivity contribution in [1.82, 2.24) is 4.98 Å². The summed E-state index contributed by atoms with van der Waals surface area (Å²) < 4.78 is 0. The number of aliphatic hydroxyl groups is 1. The number of thiazole rings is 1. The predicted molar refractivity (Wildman–Crippen MR) is 122 cm³/mol. The fraction of sp³-hybridized carbons (Fsp3) is 0.174. The zero-order chi connectivity index (χ0) is 21.4. The third-order valence-corrected chi connectivity index (χ3v) is 5.98. The molecule has 2 heterocycles. The molecule has 1 aromatic heterocycles. The molecule has 2 aromatic carbocycles. The van der Waals surface area contributed by atoms with E-state index >= 15 is 0 Å². The number of rotatable bonds is 4. The van der Waals surface area contributed by atoms with E-state index < -0.39 is 0 Å². The molecule has 3 N–H and O–H groups in total. The summed E-state index contributed by atoms with van der Waals surface area (Å²) in [6, 6.07) is 13.4. The number of benzene rings is 2. The van der Waals surface area contributed by atoms with Crippen LogP contribution in [0, 0.1) is 19.3 Å². The van der Waals surface area contributed by atoms with Crippen molar-refractivity contribution < 1.29 is 9.90 Å². The Morgan fingerprint density at radius 3 is 2.57 bits per heavy atom. The van der Waals surface area contributed by atoms with Crippen molar-refractivity contribution in [1.29, 1.82) is 5.41 Å². The van der Waals surface area contributed by atoms with E-state index in [1.165, 1.54) is 29.4 Å². The number of carbonyl (C=O) groups is 1. The highest BCUT2D eigenvalue weighted by Crippen LogP contribution is 2.35. The lowest BCUT2D eigenvalue weighted by Crippen LogP contribution is -2.26. The van der Waals surface area contributed by atoms with E-state index in [0.717, 1.165) is 16.9 Å². The molecule has 0 fully saturated rings. The molecule has 1 aliphatic heterocycles. The number of aryl methyl sites for hydroxylation is 2. The SMILES string of the molecule is CC(=O)Nc1ccc(N2CC(O)=C(c3nc(-c4ccc(C)c(C)c4)cs3)C2=N)cc1. The van der Waals surface area contributed by atoms with Crippen LogP contribution in [-0.4, -0.2) is 28.4 Å². The molecular weight excluding hydrogens is 396 g/mol. The number of amides is 1. The zero-order valence-corrected chi connectivity index (χ0v) is 17.8. The molecular formula is C23H22N4O2S. The van der Waals surface area contributed by atoms with Crippen LogP contribution in [0.4, 0.5) is 11.4 Å². The van der Waals surface area contributed by atoms with Gasteiger partial charge in [0.25, 0.3) is 0 Å². The molecule has 0 saturated carbocycles. The minimum absolute atomic E-state index is 0.131. The van der Waals surface area contributed by atoms with E-state index in [1.807, 2.05) is 23.6 Å². The van der Waals surface area contributed by atoms with Crippen molar-refractivity contribution >= 4 is 40.0 Å². The van der Waals surface area contributed by atoms with Gasteiger partial charge in [0.15, 0.2) is 0 Å². The maximum Gasteiger partial charge on any atom is 0.221 e. The van der Waals surface area contributed by atoms with Crippen LogP contribution in [-0.2, 0) is 4.79 Å². The minimum atomic E-state index is -0.137. The van der Waals surface area contributed by atoms with Crippen molar-refractivity contribution in [3.63, 3.8) is 0 Å². The summed E-state index contributed by atoms with van der Waals surface area (Å²) in [5.74, 6) is 0.203. The van der Waals surface area contributed by atoms with Crippen LogP contribution in [0.1, 0.15) is 23.1 Å². The highest BCUT2D eigenvalue weighted by molar-refractivity contribution is 7.11. The Morgan fingerprint density at radius 1 is 1.17 bits per heavy atom. The van der Waals surface area contributed by atoms with E-state index in [-0.39, 0.29) is 24.0 Å². The largest absolute Gasteiger partial charge is 0.510 e. The molecule has 0 saturated heterocycles. The maximum absolute atomic E-state index is 11.2. The van der Waals surface area contributed by atoms with E-state index in [2.05, 4.69) is 31.3 Å². The molecule has 0 unspecified atom stereocenters. The lowest BCUT2D eigenvalue weighted by atomic mass is 10.1. The van der Waals surface area contributed by atoms with Crippen LogP contribution in [0.2, 0.25) is 0 Å². The molecule has 0 radical (unpaired) electrons. The summed E-state index contributed by atoms with van der Waals surface area (Å²) in [5.41, 5.74) is 6.20. The second kappa shape index (κ2) is 7.76. The lowest BCUT2D eigenvalue weighted by Gasteiger charge is -2.19. The van der Waals surface area contributed by atoms with E-state index in [4.69, 9.17) is 10.4 Å². The molecule has 0 spiro atoms. The summed E-state index contributed by atoms with van der Waals surface area (Å²) in [5, 5.41) is 24.5. The molecule has 6 nitrogen and oxygen atoms in total. The van der Waals surface area contributed by atoms with Gasteiger partial charge >= 0.3 is 0 Å². The van der Waals surface area contributed by atoms with Gasteiger partial charge in [0.2, 0.25) is 5.91 Å². The van der Waals surface area contributed by atoms with Crippen molar-refractivity contribution in [3.05, 3.63) is 69.7 Å². The number of amidine groups is 1. The second-order valence-electron chi connectivity index (χ2n) is 7.32. The van der Waals surface area contributed by atoms with E-state index in [0.29, 0.717) is 16.3 Å². The van der Waals surface area contributed by atoms with Crippen molar-refractivity contribution in [2.45, 2.75) is 20.8 Å². The highest BCUT2D eigenvalue weighted by Gasteiger charge is 2.31. The molecule has 7 heteroatoms. The molecule has 0 bridgehead atoms. The number of nitrogens with zero attached hydrogens (tertiary/aromatic N) is 2. The van der Waals surface area contributed by atoms with Gasteiger partial charge in [-0.25, -0.2) is 4.98 Å². The zero-order valence-electron chi connectivity index (χ0n) is 17.0. The second-order valence-corrected chi connectivity index (χ2v) is 8.18. The fourth-order valence-electron chi connectivity index (χ4n) is 3.37. The summed E-state index contributed by atoms with van der Waals surface area (Å²) in [4.78, 5) is 17.6. The third-order valence-electron chi connectivity index (χ3n) is 5.12. The van der Waals surface area contributed by atoms with Gasteiger partial charge in [0, 0.05) is 29.2 Å². The number of carbonyl (C=O) groups excluding carboxylic acids is 1. The average Bonchev–Trinajstić information content (AvgIpc) is 3.28. The first-order chi connectivity index (χ1) is 14.3. The monoisotopic (exact) mass is 418 g/mol. The summed E-state index contributed by atoms with van der Waals surface area (Å²) >= 11 is 1.42. The van der Waals surface area contributed by atoms with Crippen molar-refractivity contribution in [2.24, 2.45) is 0 Å². The molecule has 0 atom stereocenters. The molecule has 1 amide bonds. The quantitative estimate of drug-likeness (QED) is 0.546. The van der Waals surface area contributed by atoms with Gasteiger partial charge in [0.05, 0.1) is 17.8 Å². The Balaban J connectivity index is 1.58. The van der Waals surface area contributed by atoms with Crippen molar-refractivity contribution in [3.8, 4) is 11.3 Å². The third kappa shape index (κ3) is 3.71. The Labute approximate surface area is 179 Å². The Bertz CT molecular complexity index is 1180. The van der Waals surface area contributed by atoms with Gasteiger partial charge in [-0.3, -0.25) is 10.2 Å². The van der Waals surface area contributed by atoms with Crippen LogP contribution in [0.3, 0.4) is 0 Å². The molecule has 0 aliphatic carbocycles. The van der Waals surface area contributed by atoms with Gasteiger partial charge in [-0.05, 0) is 55.3 Å². The normalized spacial score (nSPS) is 13.8. The first-order valence-electron chi connectivity index (χ1n) is 9.53. The number of hydrogen-bond donors (Lipinski definition) is 3. The van der Waals surface area contributed by atoms with Crippen LogP contribution < -0.4 is 10.2 Å². The molecule has 1 aliphatic rings. The Hall–Kier alpha value is -3.45. The highest BCUT2D eigenvalue weighted by atomic mass is 32.1. The lowest BCUT2D eigenvalue weighted by molar-refractivity contribution is -0.114. The molecule has 3 aromatic rings. The van der Waals surface area contributed by atoms with E-state index in [9.17, 15) is 9.90 Å². The van der Waals surface area contributed by atoms with Gasteiger partial charge in [-0.1, -0.05) is 12.1 Å². The summed E-state index contributed by atoms with van der Waals surface area (Å²) in [6.07, 6.45) is 0. The van der Waals surface area contributed by atoms with Crippen LogP contribution in [0.5, 0.6) is 0 Å². The predicted octanol–water partition coefficient (Wildman–Crippen LogP) is 5.15. The van der Waals surface area contributed by atoms with Crippen LogP contribution in [0.25, 0.3) is 16.8 Å². The Kier molecular flexibility index (Phi) is 5.13. The minimum Gasteiger partial charge on any atom is -0.510 e. The van der Waals surface area contributed by atoms with Gasteiger partial charge in [-0.2, -0.15) is 0 Å². The number of anilines is 2. The topological polar surface area (TPSA) is 89.3 Å². The first-order valence-corrected chi connectivity index (χ1v) is 10.4. The smallest absolute Gasteiger partial charge is 0.221 e. The number of hydrogen-bond acceptors (Lipinski definition) is 5. The average molecular weight is 419 g/mol. The summed E-state index contributed by atoms with van der Waals surface area (Å²) in [6.45, 7) is 5.82. The van der Waals surface area contributed by atoms with Gasteiger partial charge < -0.3 is 15.3 Å². The van der Waals surface area contributed by atoms with Crippen molar-refractivity contribution in [2.75, 3.05) is 16.8 Å². The standard InChI is InChI=1S/C23H22N4O2S/c1-13-4-5-16(10-14(13)2)19-12-30-23(26-19)21-20(29)11-27(22(21)24)18-8-6-17(7-9-18)25-15(3)28/h4-10,12,24,29H,11H2,1-3H3,(H,25,28). The molecule has 152 valence electrons. The van der Waals surface area contributed by atoms with Crippen LogP contribution >= 0.6 is 11.3 Å². The molecule has 30 heavy (non-hydrogen) atoms.